The van der Waals surface area contributed by atoms with Crippen molar-refractivity contribution >= 4 is 11.8 Å². The Morgan fingerprint density at radius 2 is 1.85 bits per heavy atom. The first-order chi connectivity index (χ1) is 13.1. The van der Waals surface area contributed by atoms with Crippen LogP contribution in [0.5, 0.6) is 5.75 Å². The molecule has 2 aromatic rings. The zero-order chi connectivity index (χ0) is 19.2. The summed E-state index contributed by atoms with van der Waals surface area (Å²) < 4.78 is 7.56. The van der Waals surface area contributed by atoms with Crippen molar-refractivity contribution < 1.29 is 4.74 Å². The first-order valence-electron chi connectivity index (χ1n) is 10.0. The van der Waals surface area contributed by atoms with Crippen LogP contribution in [0.25, 0.3) is 5.69 Å². The maximum Gasteiger partial charge on any atom is 0.195 e. The number of aromatic nitrogens is 3. The van der Waals surface area contributed by atoms with Crippen molar-refractivity contribution in [2.75, 3.05) is 27.0 Å². The van der Waals surface area contributed by atoms with Gasteiger partial charge in [-0.25, -0.2) is 0 Å². The van der Waals surface area contributed by atoms with Crippen LogP contribution in [0.3, 0.4) is 0 Å². The van der Waals surface area contributed by atoms with Gasteiger partial charge in [-0.15, -0.1) is 10.2 Å². The zero-order valence-corrected chi connectivity index (χ0v) is 17.8. The Labute approximate surface area is 167 Å². The first kappa shape index (κ1) is 20.2. The van der Waals surface area contributed by atoms with Gasteiger partial charge in [-0.05, 0) is 63.5 Å². The average Bonchev–Trinajstić information content (AvgIpc) is 3.11. The number of ether oxygens (including phenoxy) is 1. The molecule has 3 rings (SSSR count). The molecular formula is C21H32N4OS. The summed E-state index contributed by atoms with van der Waals surface area (Å²) in [6.45, 7) is 2.20. The maximum absolute atomic E-state index is 5.33. The minimum absolute atomic E-state index is 0.239. The Balaban J connectivity index is 1.90. The molecule has 0 spiro atoms. The van der Waals surface area contributed by atoms with Gasteiger partial charge in [-0.2, -0.15) is 0 Å². The Hall–Kier alpha value is -1.53. The second-order valence-corrected chi connectivity index (χ2v) is 8.56. The number of hydrogen-bond acceptors (Lipinski definition) is 5. The highest BCUT2D eigenvalue weighted by molar-refractivity contribution is 7.99. The molecule has 0 amide bonds. The molecule has 1 atom stereocenters. The number of benzene rings is 1. The molecule has 0 saturated heterocycles. The van der Waals surface area contributed by atoms with E-state index in [1.165, 1.54) is 32.1 Å². The van der Waals surface area contributed by atoms with Crippen LogP contribution in [0.4, 0.5) is 0 Å². The molecule has 0 N–H and O–H groups in total. The third-order valence-electron chi connectivity index (χ3n) is 5.47. The molecule has 148 valence electrons. The highest BCUT2D eigenvalue weighted by atomic mass is 32.2. The largest absolute Gasteiger partial charge is 0.497 e. The van der Waals surface area contributed by atoms with Crippen LogP contribution in [0, 0.1) is 5.92 Å². The van der Waals surface area contributed by atoms with Crippen LogP contribution >= 0.6 is 11.8 Å². The molecule has 1 aromatic heterocycles. The number of methoxy groups -OCH3 is 1. The van der Waals surface area contributed by atoms with E-state index in [0.717, 1.165) is 40.5 Å². The number of nitrogens with zero attached hydrogens (tertiary/aromatic N) is 4. The summed E-state index contributed by atoms with van der Waals surface area (Å²) in [4.78, 5) is 2.22. The molecule has 27 heavy (non-hydrogen) atoms. The minimum Gasteiger partial charge on any atom is -0.497 e. The molecule has 1 heterocycles. The van der Waals surface area contributed by atoms with Gasteiger partial charge in [0.1, 0.15) is 5.75 Å². The Morgan fingerprint density at radius 1 is 1.15 bits per heavy atom. The fourth-order valence-electron chi connectivity index (χ4n) is 3.89. The summed E-state index contributed by atoms with van der Waals surface area (Å²) in [7, 11) is 5.91. The summed E-state index contributed by atoms with van der Waals surface area (Å²) in [5.41, 5.74) is 1.10. The van der Waals surface area contributed by atoms with Crippen molar-refractivity contribution in [3.05, 3.63) is 30.1 Å². The number of thioether (sulfide) groups is 1. The Morgan fingerprint density at radius 3 is 2.44 bits per heavy atom. The zero-order valence-electron chi connectivity index (χ0n) is 17.0. The van der Waals surface area contributed by atoms with Crippen LogP contribution in [-0.4, -0.2) is 46.6 Å². The van der Waals surface area contributed by atoms with Gasteiger partial charge in [0, 0.05) is 11.4 Å². The monoisotopic (exact) mass is 388 g/mol. The Kier molecular flexibility index (Phi) is 7.19. The van der Waals surface area contributed by atoms with Crippen molar-refractivity contribution in [1.29, 1.82) is 0 Å². The summed E-state index contributed by atoms with van der Waals surface area (Å²) in [6.07, 6.45) is 7.85. The first-order valence-corrected chi connectivity index (χ1v) is 11.0. The van der Waals surface area contributed by atoms with Crippen molar-refractivity contribution in [2.45, 2.75) is 56.6 Å². The van der Waals surface area contributed by atoms with Crippen molar-refractivity contribution in [3.8, 4) is 11.4 Å². The molecular weight excluding hydrogens is 356 g/mol. The fraction of sp³-hybridized carbons (Fsp3) is 0.619. The summed E-state index contributed by atoms with van der Waals surface area (Å²) in [6, 6.07) is 8.44. The summed E-state index contributed by atoms with van der Waals surface area (Å²) in [5.74, 6) is 3.82. The van der Waals surface area contributed by atoms with E-state index in [9.17, 15) is 0 Å². The van der Waals surface area contributed by atoms with Gasteiger partial charge in [0.05, 0.1) is 13.2 Å². The lowest BCUT2D eigenvalue weighted by atomic mass is 9.91. The molecule has 1 aliphatic carbocycles. The smallest absolute Gasteiger partial charge is 0.195 e. The van der Waals surface area contributed by atoms with Gasteiger partial charge in [0.15, 0.2) is 11.0 Å². The highest BCUT2D eigenvalue weighted by Crippen LogP contribution is 2.33. The topological polar surface area (TPSA) is 43.2 Å². The predicted octanol–water partition coefficient (Wildman–Crippen LogP) is 4.96. The molecule has 6 heteroatoms. The third kappa shape index (κ3) is 4.85. The molecule has 0 radical (unpaired) electrons. The van der Waals surface area contributed by atoms with Crippen molar-refractivity contribution in [3.63, 3.8) is 0 Å². The quantitative estimate of drug-likeness (QED) is 0.598. The standard InChI is InChI=1S/C21H32N4OS/c1-5-19(24(2)3)20-22-23-21(27-15-16-9-7-6-8-10-16)25(20)17-11-13-18(26-4)14-12-17/h11-14,16,19H,5-10,15H2,1-4H3. The lowest BCUT2D eigenvalue weighted by molar-refractivity contribution is 0.276. The second-order valence-electron chi connectivity index (χ2n) is 7.58. The van der Waals surface area contributed by atoms with E-state index in [-0.39, 0.29) is 6.04 Å². The molecule has 0 bridgehead atoms. The SMILES string of the molecule is CCC(c1nnc(SCC2CCCCC2)n1-c1ccc(OC)cc1)N(C)C. The normalized spacial score (nSPS) is 16.6. The van der Waals surface area contributed by atoms with Gasteiger partial charge in [-0.1, -0.05) is 37.9 Å². The summed E-state index contributed by atoms with van der Waals surface area (Å²) >= 11 is 1.86. The second kappa shape index (κ2) is 9.60. The van der Waals surface area contributed by atoms with Crippen LogP contribution in [-0.2, 0) is 0 Å². The van der Waals surface area contributed by atoms with E-state index in [1.807, 2.05) is 23.9 Å². The van der Waals surface area contributed by atoms with E-state index in [2.05, 4.69) is 52.8 Å². The number of hydrogen-bond donors (Lipinski definition) is 0. The predicted molar refractivity (Wildman–Crippen MR) is 112 cm³/mol. The Bertz CT molecular complexity index is 707. The molecule has 0 aliphatic heterocycles. The van der Waals surface area contributed by atoms with Gasteiger partial charge in [-0.3, -0.25) is 9.47 Å². The average molecular weight is 389 g/mol. The molecule has 5 nitrogen and oxygen atoms in total. The van der Waals surface area contributed by atoms with Crippen LogP contribution in [0.15, 0.2) is 29.4 Å². The van der Waals surface area contributed by atoms with Gasteiger partial charge < -0.3 is 4.74 Å². The molecule has 1 aromatic carbocycles. The van der Waals surface area contributed by atoms with Crippen molar-refractivity contribution in [2.24, 2.45) is 5.92 Å². The minimum atomic E-state index is 0.239. The van der Waals surface area contributed by atoms with Crippen LogP contribution in [0.1, 0.15) is 57.3 Å². The van der Waals surface area contributed by atoms with Crippen molar-refractivity contribution in [1.82, 2.24) is 19.7 Å². The third-order valence-corrected chi connectivity index (χ3v) is 6.63. The van der Waals surface area contributed by atoms with E-state index in [4.69, 9.17) is 4.74 Å². The summed E-state index contributed by atoms with van der Waals surface area (Å²) in [5, 5.41) is 10.2. The highest BCUT2D eigenvalue weighted by Gasteiger charge is 2.24. The lowest BCUT2D eigenvalue weighted by Gasteiger charge is -2.24. The molecule has 1 fully saturated rings. The van der Waals surface area contributed by atoms with E-state index >= 15 is 0 Å². The van der Waals surface area contributed by atoms with Crippen LogP contribution < -0.4 is 4.74 Å². The molecule has 1 saturated carbocycles. The van der Waals surface area contributed by atoms with Gasteiger partial charge in [0.25, 0.3) is 0 Å². The van der Waals surface area contributed by atoms with E-state index < -0.39 is 0 Å². The fourth-order valence-corrected chi connectivity index (χ4v) is 5.03. The molecule has 1 unspecified atom stereocenters. The van der Waals surface area contributed by atoms with Gasteiger partial charge >= 0.3 is 0 Å². The van der Waals surface area contributed by atoms with Crippen LogP contribution in [0.2, 0.25) is 0 Å². The maximum atomic E-state index is 5.33. The van der Waals surface area contributed by atoms with E-state index in [0.29, 0.717) is 0 Å². The lowest BCUT2D eigenvalue weighted by Crippen LogP contribution is -2.22. The van der Waals surface area contributed by atoms with E-state index in [1.54, 1.807) is 7.11 Å². The number of rotatable bonds is 8. The van der Waals surface area contributed by atoms with Gasteiger partial charge in [0.2, 0.25) is 0 Å². The molecule has 1 aliphatic rings.